The third-order valence-corrected chi connectivity index (χ3v) is 7.84. The number of benzene rings is 2. The van der Waals surface area contributed by atoms with Gasteiger partial charge in [0, 0.05) is 34.0 Å². The number of ether oxygens (including phenoxy) is 1. The van der Waals surface area contributed by atoms with E-state index < -0.39 is 60.5 Å². The van der Waals surface area contributed by atoms with Crippen LogP contribution in [0.1, 0.15) is 35.2 Å². The van der Waals surface area contributed by atoms with Crippen molar-refractivity contribution in [2.75, 3.05) is 19.8 Å². The number of carbonyl (C=O) groups is 6. The summed E-state index contributed by atoms with van der Waals surface area (Å²) in [6.07, 6.45) is -8.08. The van der Waals surface area contributed by atoms with E-state index in [0.29, 0.717) is 22.0 Å². The minimum absolute atomic E-state index is 0.230. The highest BCUT2D eigenvalue weighted by Gasteiger charge is 2.40. The summed E-state index contributed by atoms with van der Waals surface area (Å²) in [5, 5.41) is 23.9. The average Bonchev–Trinajstić information content (AvgIpc) is 3.36. The number of carboxylic acids is 2. The molecule has 0 bridgehead atoms. The fourth-order valence-corrected chi connectivity index (χ4v) is 4.88. The van der Waals surface area contributed by atoms with E-state index in [-0.39, 0.29) is 19.0 Å². The maximum absolute atomic E-state index is 13.2. The van der Waals surface area contributed by atoms with Gasteiger partial charge in [-0.1, -0.05) is 35.3 Å². The van der Waals surface area contributed by atoms with Gasteiger partial charge >= 0.3 is 24.4 Å². The van der Waals surface area contributed by atoms with E-state index in [1.807, 2.05) is 0 Å². The Hall–Kier alpha value is -4.51. The summed E-state index contributed by atoms with van der Waals surface area (Å²) in [6, 6.07) is 12.4. The van der Waals surface area contributed by atoms with Crippen molar-refractivity contribution in [1.82, 2.24) is 19.8 Å². The van der Waals surface area contributed by atoms with Gasteiger partial charge in [0.05, 0.1) is 13.1 Å². The smallest absolute Gasteiger partial charge is 0.430 e. The van der Waals surface area contributed by atoms with E-state index in [2.05, 4.69) is 22.1 Å². The molecule has 8 N–H and O–H groups in total. The summed E-state index contributed by atoms with van der Waals surface area (Å²) in [6.45, 7) is 0.214. The zero-order valence-corrected chi connectivity index (χ0v) is 29.5. The first-order valence-electron chi connectivity index (χ1n) is 14.7. The number of urea groups is 1. The number of hydrogen-bond donors (Lipinski definition) is 4. The van der Waals surface area contributed by atoms with E-state index in [1.165, 1.54) is 9.21 Å². The van der Waals surface area contributed by atoms with Crippen LogP contribution in [0.25, 0.3) is 0 Å². The maximum atomic E-state index is 13.2. The Bertz CT molecular complexity index is 1530. The second-order valence-electron chi connectivity index (χ2n) is 10.3. The fraction of sp³-hybridized carbons (Fsp3) is 0.379. The highest BCUT2D eigenvalue weighted by atomic mass is 35.5. The molecule has 1 saturated heterocycles. The summed E-state index contributed by atoms with van der Waals surface area (Å²) in [5.74, 6) is -7.54. The molecule has 2 aromatic rings. The Labute approximate surface area is 311 Å². The van der Waals surface area contributed by atoms with Gasteiger partial charge in [0.2, 0.25) is 0 Å². The summed E-state index contributed by atoms with van der Waals surface area (Å²) in [7, 11) is 0. The number of unbranched alkanes of at least 4 members (excludes halogenated alkanes) is 1. The average molecular weight is 826 g/mol. The van der Waals surface area contributed by atoms with Crippen LogP contribution in [-0.2, 0) is 30.5 Å². The van der Waals surface area contributed by atoms with Crippen molar-refractivity contribution in [2.45, 2.75) is 49.7 Å². The number of carbonyl (C=O) groups excluding carboxylic acids is 6. The number of nitrogens with one attached hydrogen (secondary N) is 2. The Kier molecular flexibility index (Phi) is 19.2. The molecule has 1 aliphatic rings. The van der Waals surface area contributed by atoms with Crippen LogP contribution in [0.5, 0.6) is 0 Å². The van der Waals surface area contributed by atoms with E-state index in [4.69, 9.17) is 47.7 Å². The molecule has 1 aliphatic heterocycles. The number of quaternary nitrogens is 2. The van der Waals surface area contributed by atoms with Crippen molar-refractivity contribution in [1.29, 1.82) is 0 Å². The molecule has 3 rings (SSSR count). The van der Waals surface area contributed by atoms with Gasteiger partial charge in [0.15, 0.2) is 18.3 Å². The SMILES string of the molecule is O=C([O-])C(F)(F)F.O=C([O-])C(F)(F)F.[NH3+]CCCC[C@H]([NH3+])C(=O)NCC(=O)OCN1C(=O)N(Cc2ccc(Cl)cc2)SC1NC(=O)c1ccc(Cl)cc1. The van der Waals surface area contributed by atoms with Gasteiger partial charge < -0.3 is 46.6 Å². The third kappa shape index (κ3) is 17.7. The molecule has 15 nitrogen and oxygen atoms in total. The number of aliphatic carboxylic acids is 2. The van der Waals surface area contributed by atoms with E-state index >= 15 is 0 Å². The second-order valence-corrected chi connectivity index (χ2v) is 12.3. The summed E-state index contributed by atoms with van der Waals surface area (Å²) in [5.41, 5.74) is 7.90. The molecule has 2 atom stereocenters. The van der Waals surface area contributed by atoms with Crippen LogP contribution in [0.4, 0.5) is 31.1 Å². The van der Waals surface area contributed by atoms with Gasteiger partial charge in [-0.25, -0.2) is 4.79 Å². The molecule has 0 spiro atoms. The van der Waals surface area contributed by atoms with Gasteiger partial charge in [0.1, 0.15) is 18.5 Å². The van der Waals surface area contributed by atoms with Crippen molar-refractivity contribution in [3.63, 3.8) is 0 Å². The standard InChI is InChI=1S/C25H30Cl2N6O5S.2C2HF3O2/c26-18-8-4-16(5-9-18)14-33-25(37)32(24(39-33)31-22(35)17-6-10-19(27)11-7-17)15-38-21(34)13-30-23(36)20(29)3-1-2-12-28;2*3-2(4,5)1(6)7/h4-11,20,24H,1-3,12-15,28-29H2,(H,30,36)(H,31,35);2*(H,6,7)/t20-,24?;;/m0../s1. The number of hydrogen-bond acceptors (Lipinski definition) is 10. The van der Waals surface area contributed by atoms with Crippen LogP contribution in [-0.4, -0.2) is 88.7 Å². The van der Waals surface area contributed by atoms with Crippen molar-refractivity contribution < 1.29 is 81.5 Å². The molecule has 53 heavy (non-hydrogen) atoms. The molecule has 1 fully saturated rings. The highest BCUT2D eigenvalue weighted by Crippen LogP contribution is 2.31. The number of rotatable bonds is 13. The largest absolute Gasteiger partial charge is 0.542 e. The van der Waals surface area contributed by atoms with Crippen LogP contribution in [0.3, 0.4) is 0 Å². The summed E-state index contributed by atoms with van der Waals surface area (Å²) in [4.78, 5) is 69.4. The van der Waals surface area contributed by atoms with Gasteiger partial charge in [-0.3, -0.25) is 23.6 Å². The molecule has 1 heterocycles. The monoisotopic (exact) mass is 824 g/mol. The molecule has 0 radical (unpaired) electrons. The first-order valence-corrected chi connectivity index (χ1v) is 16.3. The lowest BCUT2D eigenvalue weighted by Gasteiger charge is -2.22. The minimum Gasteiger partial charge on any atom is -0.542 e. The lowest BCUT2D eigenvalue weighted by molar-refractivity contribution is -0.406. The molecular formula is C29H32Cl2F6N6O9S. The molecule has 4 amide bonds. The third-order valence-electron chi connectivity index (χ3n) is 6.23. The molecule has 0 saturated carbocycles. The topological polar surface area (TPSA) is 244 Å². The molecule has 2 aromatic carbocycles. The van der Waals surface area contributed by atoms with Crippen molar-refractivity contribution in [3.05, 3.63) is 69.7 Å². The van der Waals surface area contributed by atoms with E-state index in [9.17, 15) is 45.5 Å². The van der Waals surface area contributed by atoms with Crippen molar-refractivity contribution in [3.8, 4) is 0 Å². The number of amides is 4. The van der Waals surface area contributed by atoms with Crippen LogP contribution in [0.15, 0.2) is 48.5 Å². The second kappa shape index (κ2) is 21.9. The predicted molar refractivity (Wildman–Crippen MR) is 169 cm³/mol. The molecule has 1 unspecified atom stereocenters. The fourth-order valence-electron chi connectivity index (χ4n) is 3.55. The Morgan fingerprint density at radius 2 is 1.38 bits per heavy atom. The van der Waals surface area contributed by atoms with Crippen molar-refractivity contribution in [2.24, 2.45) is 0 Å². The van der Waals surface area contributed by atoms with E-state index in [1.54, 1.807) is 48.5 Å². The minimum atomic E-state index is -5.19. The quantitative estimate of drug-likeness (QED) is 0.0900. The summed E-state index contributed by atoms with van der Waals surface area (Å²) < 4.78 is 69.8. The van der Waals surface area contributed by atoms with Crippen LogP contribution >= 0.6 is 35.1 Å². The van der Waals surface area contributed by atoms with E-state index in [0.717, 1.165) is 36.9 Å². The van der Waals surface area contributed by atoms with Crippen LogP contribution in [0, 0.1) is 0 Å². The van der Waals surface area contributed by atoms with Crippen molar-refractivity contribution >= 4 is 70.9 Å². The maximum Gasteiger partial charge on any atom is 0.430 e. The first-order chi connectivity index (χ1) is 24.6. The number of alkyl halides is 6. The van der Waals surface area contributed by atoms with Crippen LogP contribution in [0.2, 0.25) is 10.0 Å². The normalized spacial score (nSPS) is 14.5. The van der Waals surface area contributed by atoms with Crippen LogP contribution < -0.4 is 32.3 Å². The molecular weight excluding hydrogens is 793 g/mol. The lowest BCUT2D eigenvalue weighted by atomic mass is 10.1. The first kappa shape index (κ1) is 46.5. The molecule has 0 aromatic heterocycles. The predicted octanol–water partition coefficient (Wildman–Crippen LogP) is -0.170. The molecule has 0 aliphatic carbocycles. The number of nitrogens with zero attached hydrogens (tertiary/aromatic N) is 2. The van der Waals surface area contributed by atoms with Gasteiger partial charge in [-0.15, -0.1) is 0 Å². The lowest BCUT2D eigenvalue weighted by Crippen LogP contribution is -2.67. The Morgan fingerprint density at radius 1 is 0.887 bits per heavy atom. The zero-order valence-electron chi connectivity index (χ0n) is 27.1. The summed E-state index contributed by atoms with van der Waals surface area (Å²) >= 11 is 13.0. The number of carboxylic acid groups (broad SMARTS) is 2. The van der Waals surface area contributed by atoms with Gasteiger partial charge in [-0.2, -0.15) is 26.3 Å². The highest BCUT2D eigenvalue weighted by molar-refractivity contribution is 7.98. The number of esters is 1. The van der Waals surface area contributed by atoms with Gasteiger partial charge in [0.25, 0.3) is 11.8 Å². The van der Waals surface area contributed by atoms with Gasteiger partial charge in [-0.05, 0) is 54.8 Å². The molecule has 294 valence electrons. The zero-order chi connectivity index (χ0) is 40.5. The Morgan fingerprint density at radius 3 is 1.85 bits per heavy atom. The Balaban J connectivity index is 0.000000845. The number of halogens is 8. The molecule has 24 heteroatoms.